The Bertz CT molecular complexity index is 570. The normalized spacial score (nSPS) is 19.9. The Balaban J connectivity index is 1.89. The third kappa shape index (κ3) is 2.59. The second-order valence-electron chi connectivity index (χ2n) is 7.31. The van der Waals surface area contributed by atoms with Crippen molar-refractivity contribution in [3.05, 3.63) is 29.3 Å². The molecule has 2 aliphatic rings. The first-order valence-electron chi connectivity index (χ1n) is 7.59. The van der Waals surface area contributed by atoms with Crippen molar-refractivity contribution < 1.29 is 14.6 Å². The molecular weight excluding hydrogens is 266 g/mol. The van der Waals surface area contributed by atoms with Crippen molar-refractivity contribution in [3.63, 3.8) is 0 Å². The first-order chi connectivity index (χ1) is 9.79. The summed E-state index contributed by atoms with van der Waals surface area (Å²) in [6.45, 7) is 6.92. The lowest BCUT2D eigenvalue weighted by molar-refractivity contribution is 0.00981. The lowest BCUT2D eigenvalue weighted by Crippen LogP contribution is -2.52. The van der Waals surface area contributed by atoms with Crippen molar-refractivity contribution in [1.82, 2.24) is 4.90 Å². The van der Waals surface area contributed by atoms with Crippen molar-refractivity contribution in [3.8, 4) is 5.75 Å². The fraction of sp³-hybridized carbons (Fsp3) is 0.588. The van der Waals surface area contributed by atoms with E-state index in [1.807, 2.05) is 37.8 Å². The van der Waals surface area contributed by atoms with Gasteiger partial charge in [0.25, 0.3) is 0 Å². The van der Waals surface area contributed by atoms with E-state index in [1.54, 1.807) is 6.07 Å². The third-order valence-corrected chi connectivity index (χ3v) is 4.48. The highest BCUT2D eigenvalue weighted by atomic mass is 16.6. The maximum Gasteiger partial charge on any atom is 0.410 e. The predicted molar refractivity (Wildman–Crippen MR) is 80.3 cm³/mol. The Morgan fingerprint density at radius 1 is 1.33 bits per heavy atom. The number of phenolic OH excluding ortho intramolecular Hbond substituents is 1. The lowest BCUT2D eigenvalue weighted by atomic mass is 9.61. The van der Waals surface area contributed by atoms with Gasteiger partial charge in [0.05, 0.1) is 0 Å². The number of hydrogen-bond acceptors (Lipinski definition) is 3. The third-order valence-electron chi connectivity index (χ3n) is 4.48. The quantitative estimate of drug-likeness (QED) is 0.794. The summed E-state index contributed by atoms with van der Waals surface area (Å²) in [5, 5.41) is 9.76. The van der Waals surface area contributed by atoms with Crippen LogP contribution in [0.15, 0.2) is 18.2 Å². The summed E-state index contributed by atoms with van der Waals surface area (Å²) < 4.78 is 5.52. The Labute approximate surface area is 125 Å². The molecule has 3 rings (SSSR count). The number of aromatic hydroxyl groups is 1. The predicted octanol–water partition coefficient (Wildman–Crippen LogP) is 3.56. The van der Waals surface area contributed by atoms with E-state index < -0.39 is 5.60 Å². The largest absolute Gasteiger partial charge is 0.508 e. The zero-order chi connectivity index (χ0) is 15.3. The van der Waals surface area contributed by atoms with Crippen molar-refractivity contribution in [2.24, 2.45) is 0 Å². The van der Waals surface area contributed by atoms with Gasteiger partial charge in [0.2, 0.25) is 0 Å². The smallest absolute Gasteiger partial charge is 0.410 e. The van der Waals surface area contributed by atoms with E-state index >= 15 is 0 Å². The number of amides is 1. The molecule has 1 amide bonds. The summed E-state index contributed by atoms with van der Waals surface area (Å²) in [4.78, 5) is 14.2. The van der Waals surface area contributed by atoms with Gasteiger partial charge in [0.1, 0.15) is 11.4 Å². The van der Waals surface area contributed by atoms with Gasteiger partial charge in [-0.3, -0.25) is 0 Å². The molecule has 0 atom stereocenters. The summed E-state index contributed by atoms with van der Waals surface area (Å²) in [6.07, 6.45) is 3.08. The van der Waals surface area contributed by atoms with Gasteiger partial charge < -0.3 is 14.7 Å². The molecule has 4 heteroatoms. The van der Waals surface area contributed by atoms with Crippen LogP contribution in [0.1, 0.15) is 51.2 Å². The van der Waals surface area contributed by atoms with Gasteiger partial charge in [-0.25, -0.2) is 4.79 Å². The minimum Gasteiger partial charge on any atom is -0.508 e. The maximum absolute atomic E-state index is 12.4. The highest BCUT2D eigenvalue weighted by Gasteiger charge is 2.46. The van der Waals surface area contributed by atoms with E-state index in [1.165, 1.54) is 12.0 Å². The Hall–Kier alpha value is -1.71. The van der Waals surface area contributed by atoms with Gasteiger partial charge in [0, 0.05) is 18.5 Å². The number of carbonyl (C=O) groups is 1. The molecule has 0 unspecified atom stereocenters. The van der Waals surface area contributed by atoms with E-state index in [9.17, 15) is 9.90 Å². The number of rotatable bonds is 0. The molecule has 1 aliphatic heterocycles. The molecule has 1 N–H and O–H groups in total. The minimum atomic E-state index is -0.473. The maximum atomic E-state index is 12.4. The second kappa shape index (κ2) is 4.65. The van der Waals surface area contributed by atoms with E-state index in [4.69, 9.17) is 4.74 Å². The molecule has 0 radical (unpaired) electrons. The second-order valence-corrected chi connectivity index (χ2v) is 7.31. The van der Waals surface area contributed by atoms with Crippen LogP contribution in [0.2, 0.25) is 0 Å². The topological polar surface area (TPSA) is 49.8 Å². The van der Waals surface area contributed by atoms with Gasteiger partial charge in [-0.1, -0.05) is 12.5 Å². The molecule has 4 nitrogen and oxygen atoms in total. The van der Waals surface area contributed by atoms with Gasteiger partial charge >= 0.3 is 6.09 Å². The summed E-state index contributed by atoms with van der Waals surface area (Å²) >= 11 is 0. The van der Waals surface area contributed by atoms with Crippen LogP contribution < -0.4 is 0 Å². The monoisotopic (exact) mass is 289 g/mol. The summed E-state index contributed by atoms with van der Waals surface area (Å²) in [7, 11) is 0. The average Bonchev–Trinajstić information content (AvgIpc) is 2.33. The standard InChI is InChI=1S/C17H23NO3/c1-16(2,3)21-15(20)18-10-12-5-6-13(19)9-14(12)17(11-18)7-4-8-17/h5-6,9,19H,4,7-8,10-11H2,1-3H3. The number of ether oxygens (including phenoxy) is 1. The molecule has 0 saturated heterocycles. The molecule has 1 heterocycles. The highest BCUT2D eigenvalue weighted by molar-refractivity contribution is 5.69. The first kappa shape index (κ1) is 14.2. The van der Waals surface area contributed by atoms with Crippen LogP contribution in [-0.4, -0.2) is 28.2 Å². The lowest BCUT2D eigenvalue weighted by Gasteiger charge is -2.49. The molecule has 0 bridgehead atoms. The van der Waals surface area contributed by atoms with Gasteiger partial charge in [-0.15, -0.1) is 0 Å². The van der Waals surface area contributed by atoms with Crippen LogP contribution in [0.3, 0.4) is 0 Å². The van der Waals surface area contributed by atoms with Crippen LogP contribution >= 0.6 is 0 Å². The van der Waals surface area contributed by atoms with E-state index in [0.717, 1.165) is 18.4 Å². The fourth-order valence-corrected chi connectivity index (χ4v) is 3.39. The molecule has 1 fully saturated rings. The number of phenols is 1. The molecule has 0 aromatic heterocycles. The van der Waals surface area contributed by atoms with Gasteiger partial charge in [0.15, 0.2) is 0 Å². The SMILES string of the molecule is CC(C)(C)OC(=O)N1Cc2ccc(O)cc2C2(CCC2)C1. The summed E-state index contributed by atoms with van der Waals surface area (Å²) in [5.41, 5.74) is 1.89. The van der Waals surface area contributed by atoms with E-state index in [0.29, 0.717) is 18.8 Å². The van der Waals surface area contributed by atoms with Crippen LogP contribution in [0.25, 0.3) is 0 Å². The number of fused-ring (bicyclic) bond motifs is 2. The Kier molecular flexibility index (Phi) is 3.15. The summed E-state index contributed by atoms with van der Waals surface area (Å²) in [5.74, 6) is 0.311. The van der Waals surface area contributed by atoms with Crippen molar-refractivity contribution >= 4 is 6.09 Å². The van der Waals surface area contributed by atoms with Crippen LogP contribution in [0.4, 0.5) is 4.79 Å². The van der Waals surface area contributed by atoms with E-state index in [-0.39, 0.29) is 11.5 Å². The molecule has 1 aromatic carbocycles. The number of hydrogen-bond donors (Lipinski definition) is 1. The molecular formula is C17H23NO3. The zero-order valence-electron chi connectivity index (χ0n) is 13.0. The van der Waals surface area contributed by atoms with Crippen molar-refractivity contribution in [1.29, 1.82) is 0 Å². The molecule has 1 spiro atoms. The number of carbonyl (C=O) groups excluding carboxylic acids is 1. The first-order valence-corrected chi connectivity index (χ1v) is 7.59. The van der Waals surface area contributed by atoms with Crippen molar-refractivity contribution in [2.45, 2.75) is 57.6 Å². The highest BCUT2D eigenvalue weighted by Crippen LogP contribution is 2.49. The van der Waals surface area contributed by atoms with Crippen LogP contribution in [0.5, 0.6) is 5.75 Å². The van der Waals surface area contributed by atoms with Gasteiger partial charge in [-0.05, 0) is 56.9 Å². The number of nitrogens with zero attached hydrogens (tertiary/aromatic N) is 1. The van der Waals surface area contributed by atoms with Crippen molar-refractivity contribution in [2.75, 3.05) is 6.54 Å². The van der Waals surface area contributed by atoms with Crippen LogP contribution in [-0.2, 0) is 16.7 Å². The zero-order valence-corrected chi connectivity index (χ0v) is 13.0. The molecule has 21 heavy (non-hydrogen) atoms. The minimum absolute atomic E-state index is 0.0171. The van der Waals surface area contributed by atoms with Crippen LogP contribution in [0, 0.1) is 0 Å². The average molecular weight is 289 g/mol. The summed E-state index contributed by atoms with van der Waals surface area (Å²) in [6, 6.07) is 5.51. The Morgan fingerprint density at radius 2 is 2.05 bits per heavy atom. The van der Waals surface area contributed by atoms with Gasteiger partial charge in [-0.2, -0.15) is 0 Å². The molecule has 1 aliphatic carbocycles. The fourth-order valence-electron chi connectivity index (χ4n) is 3.39. The Morgan fingerprint density at radius 3 is 2.62 bits per heavy atom. The number of benzene rings is 1. The molecule has 1 aromatic rings. The molecule has 114 valence electrons. The van der Waals surface area contributed by atoms with E-state index in [2.05, 4.69) is 0 Å². The molecule has 1 saturated carbocycles.